The molecule has 9 heteroatoms. The molecule has 0 unspecified atom stereocenters. The summed E-state index contributed by atoms with van der Waals surface area (Å²) in [6, 6.07) is 7.26. The van der Waals surface area contributed by atoms with Crippen LogP contribution in [0.15, 0.2) is 53.2 Å². The Morgan fingerprint density at radius 3 is 2.84 bits per heavy atom. The number of aromatic nitrogens is 3. The lowest BCUT2D eigenvalue weighted by Gasteiger charge is -2.37. The molecule has 0 aromatic carbocycles. The third-order valence-electron chi connectivity index (χ3n) is 5.88. The van der Waals surface area contributed by atoms with Gasteiger partial charge in [0.1, 0.15) is 11.6 Å². The van der Waals surface area contributed by atoms with E-state index in [9.17, 15) is 14.3 Å². The van der Waals surface area contributed by atoms with Crippen molar-refractivity contribution in [3.05, 3.63) is 58.9 Å². The third kappa shape index (κ3) is 4.90. The minimum absolute atomic E-state index is 0.0892. The Labute approximate surface area is 184 Å². The average molecular weight is 447 g/mol. The number of nitrogens with one attached hydrogen (secondary N) is 2. The van der Waals surface area contributed by atoms with E-state index in [0.717, 1.165) is 0 Å². The van der Waals surface area contributed by atoms with Crippen molar-refractivity contribution in [3.8, 4) is 0 Å². The zero-order valence-electron chi connectivity index (χ0n) is 16.9. The highest BCUT2D eigenvalue weighted by atomic mass is 35.5. The fraction of sp³-hybridized carbons (Fsp3) is 0.409. The highest BCUT2D eigenvalue weighted by Crippen LogP contribution is 2.42. The van der Waals surface area contributed by atoms with Crippen LogP contribution < -0.4 is 5.32 Å². The maximum Gasteiger partial charge on any atom is 0.310 e. The largest absolute Gasteiger partial charge is 0.492 e. The molecule has 1 saturated carbocycles. The van der Waals surface area contributed by atoms with Crippen LogP contribution in [0.5, 0.6) is 0 Å². The van der Waals surface area contributed by atoms with Crippen molar-refractivity contribution < 1.29 is 19.0 Å². The Kier molecular flexibility index (Phi) is 6.27. The Hall–Kier alpha value is -2.87. The van der Waals surface area contributed by atoms with Gasteiger partial charge in [-0.1, -0.05) is 23.7 Å². The van der Waals surface area contributed by atoms with Crippen molar-refractivity contribution in [2.75, 3.05) is 5.32 Å². The molecule has 2 heterocycles. The number of hydrogen-bond donors (Lipinski definition) is 3. The number of carboxylic acids is 1. The molecule has 0 atom stereocenters. The monoisotopic (exact) mass is 446 g/mol. The molecule has 1 fully saturated rings. The molecule has 2 aliphatic carbocycles. The van der Waals surface area contributed by atoms with E-state index in [1.807, 2.05) is 18.2 Å². The lowest BCUT2D eigenvalue weighted by molar-refractivity contribution is -0.152. The van der Waals surface area contributed by atoms with Crippen LogP contribution in [0.25, 0.3) is 0 Å². The van der Waals surface area contributed by atoms with Crippen LogP contribution in [0.3, 0.4) is 0 Å². The zero-order chi connectivity index (χ0) is 21.8. The van der Waals surface area contributed by atoms with Gasteiger partial charge in [-0.25, -0.2) is 9.37 Å². The number of anilines is 2. The first-order chi connectivity index (χ1) is 14.9. The maximum atomic E-state index is 14.2. The van der Waals surface area contributed by atoms with E-state index in [1.165, 1.54) is 0 Å². The number of aromatic amines is 1. The highest BCUT2D eigenvalue weighted by Gasteiger charge is 2.43. The summed E-state index contributed by atoms with van der Waals surface area (Å²) in [4.78, 5) is 16.8. The number of halogens is 2. The number of rotatable bonds is 7. The molecule has 2 aromatic heterocycles. The van der Waals surface area contributed by atoms with Gasteiger partial charge < -0.3 is 15.2 Å². The van der Waals surface area contributed by atoms with E-state index in [0.29, 0.717) is 62.3 Å². The minimum Gasteiger partial charge on any atom is -0.492 e. The van der Waals surface area contributed by atoms with Gasteiger partial charge in [-0.15, -0.1) is 0 Å². The molecule has 164 valence electrons. The molecule has 0 spiro atoms. The fourth-order valence-corrected chi connectivity index (χ4v) is 4.37. The molecule has 7 nitrogen and oxygen atoms in total. The Morgan fingerprint density at radius 1 is 1.32 bits per heavy atom. The smallest absolute Gasteiger partial charge is 0.310 e. The van der Waals surface area contributed by atoms with Crippen molar-refractivity contribution in [1.82, 2.24) is 15.2 Å². The summed E-state index contributed by atoms with van der Waals surface area (Å²) in [5.74, 6) is 0.168. The quantitative estimate of drug-likeness (QED) is 0.539. The normalized spacial score (nSPS) is 23.9. The molecule has 2 aliphatic rings. The van der Waals surface area contributed by atoms with Gasteiger partial charge in [0.05, 0.1) is 16.6 Å². The molecule has 2 aromatic rings. The van der Waals surface area contributed by atoms with Gasteiger partial charge in [0.2, 0.25) is 0 Å². The molecule has 0 amide bonds. The lowest BCUT2D eigenvalue weighted by atomic mass is 9.70. The van der Waals surface area contributed by atoms with Crippen LogP contribution in [0, 0.1) is 5.41 Å². The molecular formula is C22H24ClFN4O3. The van der Waals surface area contributed by atoms with Crippen molar-refractivity contribution in [2.24, 2.45) is 5.41 Å². The molecule has 0 bridgehead atoms. The van der Waals surface area contributed by atoms with Crippen LogP contribution >= 0.6 is 11.6 Å². The van der Waals surface area contributed by atoms with Crippen molar-refractivity contribution in [2.45, 2.75) is 51.0 Å². The molecule has 31 heavy (non-hydrogen) atoms. The Balaban J connectivity index is 1.42. The van der Waals surface area contributed by atoms with E-state index in [2.05, 4.69) is 20.5 Å². The minimum atomic E-state index is -0.922. The number of allylic oxidation sites excluding steroid dienone is 4. The number of H-pyrrole nitrogens is 1. The third-order valence-corrected chi connectivity index (χ3v) is 6.21. The van der Waals surface area contributed by atoms with Crippen molar-refractivity contribution >= 4 is 29.2 Å². The van der Waals surface area contributed by atoms with Crippen LogP contribution in [0.4, 0.5) is 16.0 Å². The summed E-state index contributed by atoms with van der Waals surface area (Å²) in [6.45, 7) is 0. The second-order valence-corrected chi connectivity index (χ2v) is 8.41. The number of aliphatic carboxylic acids is 1. The highest BCUT2D eigenvalue weighted by molar-refractivity contribution is 6.31. The van der Waals surface area contributed by atoms with Crippen LogP contribution in [0.2, 0.25) is 0 Å². The second kappa shape index (κ2) is 9.09. The van der Waals surface area contributed by atoms with Crippen molar-refractivity contribution in [1.29, 1.82) is 0 Å². The Morgan fingerprint density at radius 2 is 2.13 bits per heavy atom. The van der Waals surface area contributed by atoms with Crippen LogP contribution in [-0.2, 0) is 16.0 Å². The number of carboxylic acid groups (broad SMARTS) is 1. The summed E-state index contributed by atoms with van der Waals surface area (Å²) in [5.41, 5.74) is -0.227. The van der Waals surface area contributed by atoms with Gasteiger partial charge >= 0.3 is 5.97 Å². The first-order valence-electron chi connectivity index (χ1n) is 10.3. The SMILES string of the molecule is O=C(O)[C@]1(Cc2cccc(Nc3cc[nH]n3)n2)CC[C@@H](OC2=C(F)C(Cl)=CCC2)CC1. The maximum absolute atomic E-state index is 14.2. The number of pyridine rings is 1. The predicted octanol–water partition coefficient (Wildman–Crippen LogP) is 5.22. The molecule has 4 rings (SSSR count). The first kappa shape index (κ1) is 21.4. The molecule has 0 aliphatic heterocycles. The summed E-state index contributed by atoms with van der Waals surface area (Å²) in [7, 11) is 0. The number of ether oxygens (including phenoxy) is 1. The topological polar surface area (TPSA) is 100 Å². The van der Waals surface area contributed by atoms with E-state index in [1.54, 1.807) is 18.3 Å². The van der Waals surface area contributed by atoms with Gasteiger partial charge in [-0.3, -0.25) is 9.89 Å². The van der Waals surface area contributed by atoms with E-state index in [4.69, 9.17) is 16.3 Å². The van der Waals surface area contributed by atoms with Crippen LogP contribution in [-0.4, -0.2) is 32.4 Å². The van der Waals surface area contributed by atoms with Gasteiger partial charge in [0.15, 0.2) is 11.6 Å². The number of nitrogens with zero attached hydrogens (tertiary/aromatic N) is 2. The van der Waals surface area contributed by atoms with E-state index < -0.39 is 17.2 Å². The summed E-state index contributed by atoms with van der Waals surface area (Å²) >= 11 is 5.87. The van der Waals surface area contributed by atoms with Gasteiger partial charge in [-0.05, 0) is 44.2 Å². The zero-order valence-corrected chi connectivity index (χ0v) is 17.7. The van der Waals surface area contributed by atoms with Gasteiger partial charge in [0.25, 0.3) is 0 Å². The van der Waals surface area contributed by atoms with E-state index in [-0.39, 0.29) is 16.9 Å². The second-order valence-electron chi connectivity index (χ2n) is 8.01. The van der Waals surface area contributed by atoms with Gasteiger partial charge in [0, 0.05) is 30.8 Å². The molecular weight excluding hydrogens is 423 g/mol. The summed E-state index contributed by atoms with van der Waals surface area (Å²) < 4.78 is 20.0. The van der Waals surface area contributed by atoms with Crippen LogP contribution in [0.1, 0.15) is 44.2 Å². The standard InChI is InChI=1S/C22H24ClFN4O3/c23-16-4-2-5-17(20(16)24)31-15-7-10-22(11-8-15,21(29)30)13-14-3-1-6-18(26-14)27-19-9-12-25-28-19/h1,3-4,6,9,12,15H,2,5,7-8,10-11,13H2,(H,29,30)(H2,25,26,27,28)/t15-,22-. The average Bonchev–Trinajstić information content (AvgIpc) is 3.26. The van der Waals surface area contributed by atoms with E-state index >= 15 is 0 Å². The number of hydrogen-bond acceptors (Lipinski definition) is 5. The molecule has 0 saturated heterocycles. The summed E-state index contributed by atoms with van der Waals surface area (Å²) in [6.07, 6.45) is 6.50. The fourth-order valence-electron chi connectivity index (χ4n) is 4.16. The predicted molar refractivity (Wildman–Crippen MR) is 115 cm³/mol. The molecule has 0 radical (unpaired) electrons. The molecule has 3 N–H and O–H groups in total. The number of carbonyl (C=O) groups is 1. The van der Waals surface area contributed by atoms with Gasteiger partial charge in [-0.2, -0.15) is 5.10 Å². The van der Waals surface area contributed by atoms with Crippen molar-refractivity contribution in [3.63, 3.8) is 0 Å². The lowest BCUT2D eigenvalue weighted by Crippen LogP contribution is -2.39. The first-order valence-corrected chi connectivity index (χ1v) is 10.7. The Bertz CT molecular complexity index is 998. The summed E-state index contributed by atoms with van der Waals surface area (Å²) in [5, 5.41) is 20.0.